The Morgan fingerprint density at radius 1 is 1.00 bits per heavy atom. The highest BCUT2D eigenvalue weighted by molar-refractivity contribution is 5.82. The van der Waals surface area contributed by atoms with Gasteiger partial charge >= 0.3 is 6.18 Å². The molecule has 1 aromatic heterocycles. The van der Waals surface area contributed by atoms with Crippen molar-refractivity contribution in [2.45, 2.75) is 13.1 Å². The molecular formula is C14H8F4N2O. The van der Waals surface area contributed by atoms with Gasteiger partial charge in [0.05, 0.1) is 5.56 Å². The van der Waals surface area contributed by atoms with Crippen LogP contribution >= 0.6 is 0 Å². The molecule has 21 heavy (non-hydrogen) atoms. The van der Waals surface area contributed by atoms with Crippen LogP contribution in [0.4, 0.5) is 17.6 Å². The largest absolute Gasteiger partial charge is 0.417 e. The summed E-state index contributed by atoms with van der Waals surface area (Å²) in [4.78, 5) is 0. The second-order valence-electron chi connectivity index (χ2n) is 4.61. The Kier molecular flexibility index (Phi) is 2.93. The third kappa shape index (κ3) is 2.35. The van der Waals surface area contributed by atoms with Gasteiger partial charge in [-0.2, -0.15) is 13.2 Å². The molecule has 3 aromatic rings. The van der Waals surface area contributed by atoms with E-state index in [9.17, 15) is 17.6 Å². The number of fused-ring (bicyclic) bond motifs is 1. The van der Waals surface area contributed by atoms with E-state index < -0.39 is 17.6 Å². The molecule has 7 heteroatoms. The summed E-state index contributed by atoms with van der Waals surface area (Å²) in [5, 5.41) is 7.18. The number of alkyl halides is 3. The number of aromatic nitrogens is 2. The van der Waals surface area contributed by atoms with Gasteiger partial charge in [0.15, 0.2) is 0 Å². The molecule has 0 bridgehead atoms. The molecule has 0 radical (unpaired) electrons. The highest BCUT2D eigenvalue weighted by atomic mass is 19.4. The fourth-order valence-electron chi connectivity index (χ4n) is 2.10. The smallest absolute Gasteiger partial charge is 0.243 e. The molecule has 0 atom stereocenters. The highest BCUT2D eigenvalue weighted by Gasteiger charge is 2.34. The zero-order chi connectivity index (χ0) is 15.2. The number of rotatable bonds is 1. The number of nitrogens with zero attached hydrogens (tertiary/aromatic N) is 2. The van der Waals surface area contributed by atoms with Gasteiger partial charge in [0.2, 0.25) is 0 Å². The van der Waals surface area contributed by atoms with Crippen molar-refractivity contribution >= 4 is 11.0 Å². The van der Waals surface area contributed by atoms with Crippen molar-refractivity contribution in [3.8, 4) is 11.1 Å². The van der Waals surface area contributed by atoms with Crippen LogP contribution in [0, 0.1) is 12.7 Å². The topological polar surface area (TPSA) is 38.9 Å². The Morgan fingerprint density at radius 3 is 2.43 bits per heavy atom. The number of benzene rings is 2. The molecule has 3 nitrogen and oxygen atoms in total. The molecule has 0 aliphatic heterocycles. The van der Waals surface area contributed by atoms with E-state index in [0.717, 1.165) is 0 Å². The third-order valence-corrected chi connectivity index (χ3v) is 3.17. The first kappa shape index (κ1) is 13.5. The second-order valence-corrected chi connectivity index (χ2v) is 4.61. The lowest BCUT2D eigenvalue weighted by Crippen LogP contribution is -2.08. The van der Waals surface area contributed by atoms with Crippen LogP contribution in [0.15, 0.2) is 35.0 Å². The van der Waals surface area contributed by atoms with Crippen LogP contribution in [-0.2, 0) is 6.18 Å². The number of aryl methyl sites for hydroxylation is 1. The van der Waals surface area contributed by atoms with E-state index in [2.05, 4.69) is 14.9 Å². The summed E-state index contributed by atoms with van der Waals surface area (Å²) >= 11 is 0. The predicted octanol–water partition coefficient (Wildman–Crippen LogP) is 4.36. The molecular weight excluding hydrogens is 288 g/mol. The van der Waals surface area contributed by atoms with Gasteiger partial charge in [-0.1, -0.05) is 6.07 Å². The third-order valence-electron chi connectivity index (χ3n) is 3.17. The van der Waals surface area contributed by atoms with Crippen molar-refractivity contribution in [3.63, 3.8) is 0 Å². The van der Waals surface area contributed by atoms with Gasteiger partial charge in [0.25, 0.3) is 0 Å². The zero-order valence-electron chi connectivity index (χ0n) is 10.7. The Bertz CT molecular complexity index is 823. The van der Waals surface area contributed by atoms with Crippen molar-refractivity contribution in [2.75, 3.05) is 0 Å². The molecule has 108 valence electrons. The summed E-state index contributed by atoms with van der Waals surface area (Å²) in [6.45, 7) is 1.41. The number of halogens is 4. The van der Waals surface area contributed by atoms with E-state index in [1.807, 2.05) is 0 Å². The summed E-state index contributed by atoms with van der Waals surface area (Å²) in [5.41, 5.74) is 0.0476. The molecule has 0 amide bonds. The first-order chi connectivity index (χ1) is 9.86. The zero-order valence-corrected chi connectivity index (χ0v) is 10.7. The number of hydrogen-bond acceptors (Lipinski definition) is 3. The monoisotopic (exact) mass is 296 g/mol. The summed E-state index contributed by atoms with van der Waals surface area (Å²) in [7, 11) is 0. The van der Waals surface area contributed by atoms with Crippen molar-refractivity contribution in [1.29, 1.82) is 0 Å². The van der Waals surface area contributed by atoms with Crippen LogP contribution in [0.3, 0.4) is 0 Å². The van der Waals surface area contributed by atoms with Crippen LogP contribution in [0.25, 0.3) is 22.2 Å². The van der Waals surface area contributed by atoms with E-state index in [1.165, 1.54) is 31.2 Å². The van der Waals surface area contributed by atoms with Crippen LogP contribution in [0.2, 0.25) is 0 Å². The quantitative estimate of drug-likeness (QED) is 0.626. The molecule has 0 aliphatic rings. The molecule has 2 aromatic carbocycles. The van der Waals surface area contributed by atoms with Gasteiger partial charge in [0.1, 0.15) is 16.9 Å². The van der Waals surface area contributed by atoms with Crippen molar-refractivity contribution in [2.24, 2.45) is 0 Å². The number of hydrogen-bond donors (Lipinski definition) is 0. The normalized spacial score (nSPS) is 12.0. The summed E-state index contributed by atoms with van der Waals surface area (Å²) in [5.74, 6) is -0.893. The van der Waals surface area contributed by atoms with E-state index >= 15 is 0 Å². The maximum atomic E-state index is 13.5. The van der Waals surface area contributed by atoms with E-state index in [1.54, 1.807) is 0 Å². The Morgan fingerprint density at radius 2 is 1.71 bits per heavy atom. The molecule has 0 spiro atoms. The second kappa shape index (κ2) is 4.54. The van der Waals surface area contributed by atoms with Gasteiger partial charge in [-0.3, -0.25) is 0 Å². The minimum Gasteiger partial charge on any atom is -0.243 e. The molecule has 0 fully saturated rings. The Labute approximate surface area is 116 Å². The molecule has 0 saturated carbocycles. The van der Waals surface area contributed by atoms with Crippen molar-refractivity contribution in [1.82, 2.24) is 10.3 Å². The molecule has 0 N–H and O–H groups in total. The van der Waals surface area contributed by atoms with Gasteiger partial charge in [-0.25, -0.2) is 9.02 Å². The standard InChI is InChI=1S/C14H8F4N2O/c1-7-4-9(10(6-11(7)15)14(16,17)18)8-2-3-12-13(5-8)20-21-19-12/h2-6H,1H3. The predicted molar refractivity (Wildman–Crippen MR) is 66.9 cm³/mol. The van der Waals surface area contributed by atoms with Gasteiger partial charge in [0, 0.05) is 0 Å². The lowest BCUT2D eigenvalue weighted by molar-refractivity contribution is -0.137. The van der Waals surface area contributed by atoms with Crippen LogP contribution in [0.5, 0.6) is 0 Å². The maximum absolute atomic E-state index is 13.5. The summed E-state index contributed by atoms with van der Waals surface area (Å²) in [6, 6.07) is 6.07. The fraction of sp³-hybridized carbons (Fsp3) is 0.143. The lowest BCUT2D eigenvalue weighted by atomic mass is 9.96. The first-order valence-corrected chi connectivity index (χ1v) is 5.96. The molecule has 0 unspecified atom stereocenters. The summed E-state index contributed by atoms with van der Waals surface area (Å²) in [6.07, 6.45) is -4.65. The first-order valence-electron chi connectivity index (χ1n) is 5.96. The van der Waals surface area contributed by atoms with Crippen molar-refractivity contribution < 1.29 is 22.2 Å². The van der Waals surface area contributed by atoms with Crippen LogP contribution in [-0.4, -0.2) is 10.3 Å². The SMILES string of the molecule is Cc1cc(-c2ccc3nonc3c2)c(C(F)(F)F)cc1F. The van der Waals surface area contributed by atoms with Crippen LogP contribution in [0.1, 0.15) is 11.1 Å². The molecule has 0 saturated heterocycles. The maximum Gasteiger partial charge on any atom is 0.417 e. The molecule has 1 heterocycles. The van der Waals surface area contributed by atoms with Crippen molar-refractivity contribution in [3.05, 3.63) is 47.3 Å². The average molecular weight is 296 g/mol. The molecule has 3 rings (SSSR count). The minimum absolute atomic E-state index is 0.105. The lowest BCUT2D eigenvalue weighted by Gasteiger charge is -2.14. The van der Waals surface area contributed by atoms with Gasteiger partial charge in [-0.05, 0) is 58.2 Å². The summed E-state index contributed by atoms with van der Waals surface area (Å²) < 4.78 is 57.2. The van der Waals surface area contributed by atoms with E-state index in [0.29, 0.717) is 17.1 Å². The van der Waals surface area contributed by atoms with E-state index in [4.69, 9.17) is 0 Å². The van der Waals surface area contributed by atoms with E-state index in [-0.39, 0.29) is 16.7 Å². The molecule has 0 aliphatic carbocycles. The highest BCUT2D eigenvalue weighted by Crippen LogP contribution is 2.38. The van der Waals surface area contributed by atoms with Gasteiger partial charge < -0.3 is 0 Å². The Hall–Kier alpha value is -2.44. The van der Waals surface area contributed by atoms with Crippen LogP contribution < -0.4 is 0 Å². The Balaban J connectivity index is 2.27. The van der Waals surface area contributed by atoms with Gasteiger partial charge in [-0.15, -0.1) is 0 Å². The minimum atomic E-state index is -4.65. The fourth-order valence-corrected chi connectivity index (χ4v) is 2.10. The average Bonchev–Trinajstić information content (AvgIpc) is 2.87.